The number of carboxylic acids is 2. The zero-order valence-electron chi connectivity index (χ0n) is 8.52. The maximum atomic E-state index is 10.3. The van der Waals surface area contributed by atoms with Crippen LogP contribution in [-0.2, 0) is 21.7 Å². The Morgan fingerprint density at radius 2 is 0.882 bits per heavy atom. The molecule has 0 amide bonds. The second-order valence-corrected chi connectivity index (χ2v) is 2.19. The van der Waals surface area contributed by atoms with Crippen LogP contribution in [0.4, 0.5) is 0 Å². The molecule has 0 aliphatic rings. The molecule has 0 saturated carbocycles. The first-order valence-corrected chi connectivity index (χ1v) is 3.18. The van der Waals surface area contributed by atoms with Gasteiger partial charge in [-0.1, -0.05) is 0 Å². The first-order chi connectivity index (χ1) is 5.61. The summed E-state index contributed by atoms with van der Waals surface area (Å²) in [5.74, 6) is -2.13. The quantitative estimate of drug-likeness (QED) is 0.580. The van der Waals surface area contributed by atoms with Crippen LogP contribution < -0.4 is 0 Å². The number of carboxylic acid groups (broad SMARTS) is 2. The first-order valence-electron chi connectivity index (χ1n) is 3.18. The molecule has 0 bridgehead atoms. The summed E-state index contributed by atoms with van der Waals surface area (Å²) in [6.07, 6.45) is 0. The van der Waals surface area contributed by atoms with Gasteiger partial charge in [-0.15, -0.1) is 0 Å². The molecule has 17 heavy (non-hydrogen) atoms. The summed E-state index contributed by atoms with van der Waals surface area (Å²) in [6.45, 7) is 0. The third-order valence-electron chi connectivity index (χ3n) is 1.38. The number of rotatable bonds is 2. The average molecular weight is 286 g/mol. The first kappa shape index (κ1) is 29.6. The maximum absolute atomic E-state index is 10.3. The molecule has 0 spiro atoms. The van der Waals surface area contributed by atoms with E-state index >= 15 is 0 Å². The standard InChI is InChI=1S/C8H6O4.4H2O.Ti/c9-7(10)5-1-2-6(4-3-5)8(11)12;;;;;/h1-4H,(H,9,10)(H,11,12);4*1H2;. The Labute approximate surface area is 111 Å². The number of carbonyl (C=O) groups is 2. The van der Waals surface area contributed by atoms with E-state index in [9.17, 15) is 9.59 Å². The van der Waals surface area contributed by atoms with Crippen molar-refractivity contribution in [3.63, 3.8) is 0 Å². The molecule has 0 aliphatic carbocycles. The minimum Gasteiger partial charge on any atom is -0.478 e. The molecule has 0 heterocycles. The molecule has 0 aliphatic heterocycles. The van der Waals surface area contributed by atoms with Crippen LogP contribution in [0.5, 0.6) is 0 Å². The Morgan fingerprint density at radius 3 is 1.00 bits per heavy atom. The fraction of sp³-hybridized carbons (Fsp3) is 0. The van der Waals surface area contributed by atoms with Gasteiger partial charge in [-0.25, -0.2) is 9.59 Å². The summed E-state index contributed by atoms with van der Waals surface area (Å²) >= 11 is 0. The van der Waals surface area contributed by atoms with Crippen LogP contribution >= 0.6 is 0 Å². The van der Waals surface area contributed by atoms with Gasteiger partial charge in [0, 0.05) is 21.7 Å². The van der Waals surface area contributed by atoms with Gasteiger partial charge in [0.2, 0.25) is 0 Å². The Hall–Kier alpha value is -1.29. The molecule has 1 aromatic carbocycles. The van der Waals surface area contributed by atoms with Crippen LogP contribution in [-0.4, -0.2) is 44.1 Å². The van der Waals surface area contributed by atoms with Crippen LogP contribution in [0.15, 0.2) is 24.3 Å². The molecule has 1 aromatic rings. The van der Waals surface area contributed by atoms with Crippen molar-refractivity contribution in [1.82, 2.24) is 0 Å². The SMILES string of the molecule is O.O.O.O.O=C(O)c1ccc(C(=O)O)cc1.[Ti]. The second kappa shape index (κ2) is 12.8. The Kier molecular flexibility index (Phi) is 22.3. The summed E-state index contributed by atoms with van der Waals surface area (Å²) < 4.78 is 0. The van der Waals surface area contributed by atoms with Gasteiger partial charge in [-0.3, -0.25) is 0 Å². The average Bonchev–Trinajstić information content (AvgIpc) is 2.04. The molecular weight excluding hydrogens is 272 g/mol. The van der Waals surface area contributed by atoms with Gasteiger partial charge >= 0.3 is 11.9 Å². The largest absolute Gasteiger partial charge is 0.478 e. The summed E-state index contributed by atoms with van der Waals surface area (Å²) in [6, 6.07) is 5.02. The van der Waals surface area contributed by atoms with Gasteiger partial charge in [0.1, 0.15) is 0 Å². The van der Waals surface area contributed by atoms with Gasteiger partial charge in [0.15, 0.2) is 0 Å². The van der Waals surface area contributed by atoms with Crippen LogP contribution in [0.1, 0.15) is 20.7 Å². The Balaban J connectivity index is -0.0000000960. The molecule has 0 saturated heterocycles. The van der Waals surface area contributed by atoms with Crippen molar-refractivity contribution in [2.75, 3.05) is 0 Å². The normalized spacial score (nSPS) is 6.59. The number of hydrogen-bond donors (Lipinski definition) is 2. The smallest absolute Gasteiger partial charge is 0.335 e. The molecule has 0 aromatic heterocycles. The molecule has 0 radical (unpaired) electrons. The van der Waals surface area contributed by atoms with E-state index in [4.69, 9.17) is 10.2 Å². The predicted octanol–water partition coefficient (Wildman–Crippen LogP) is -2.22. The fourth-order valence-electron chi connectivity index (χ4n) is 0.755. The molecule has 98 valence electrons. The Bertz CT molecular complexity index is 290. The van der Waals surface area contributed by atoms with Crippen LogP contribution in [0, 0.1) is 0 Å². The minimum absolute atomic E-state index is 0. The number of aromatic carboxylic acids is 2. The van der Waals surface area contributed by atoms with Crippen molar-refractivity contribution in [2.45, 2.75) is 0 Å². The summed E-state index contributed by atoms with van der Waals surface area (Å²) in [4.78, 5) is 20.7. The van der Waals surface area contributed by atoms with Gasteiger partial charge in [0.05, 0.1) is 11.1 Å². The van der Waals surface area contributed by atoms with E-state index in [1.807, 2.05) is 0 Å². The topological polar surface area (TPSA) is 201 Å². The zero-order valence-corrected chi connectivity index (χ0v) is 10.1. The van der Waals surface area contributed by atoms with Crippen molar-refractivity contribution < 1.29 is 63.4 Å². The van der Waals surface area contributed by atoms with Crippen molar-refractivity contribution in [3.05, 3.63) is 35.4 Å². The summed E-state index contributed by atoms with van der Waals surface area (Å²) in [5.41, 5.74) is 0.167. The van der Waals surface area contributed by atoms with Crippen LogP contribution in [0.2, 0.25) is 0 Å². The predicted molar refractivity (Wildman–Crippen MR) is 54.8 cm³/mol. The summed E-state index contributed by atoms with van der Waals surface area (Å²) in [7, 11) is 0. The minimum atomic E-state index is -1.06. The molecule has 0 unspecified atom stereocenters. The van der Waals surface area contributed by atoms with E-state index in [1.165, 1.54) is 24.3 Å². The molecule has 9 heteroatoms. The Morgan fingerprint density at radius 1 is 0.706 bits per heavy atom. The van der Waals surface area contributed by atoms with E-state index in [-0.39, 0.29) is 54.7 Å². The fourth-order valence-corrected chi connectivity index (χ4v) is 0.755. The zero-order chi connectivity index (χ0) is 9.14. The molecule has 0 atom stereocenters. The van der Waals surface area contributed by atoms with E-state index in [0.29, 0.717) is 0 Å². The third-order valence-corrected chi connectivity index (χ3v) is 1.38. The second-order valence-electron chi connectivity index (χ2n) is 2.19. The van der Waals surface area contributed by atoms with Gasteiger partial charge in [0.25, 0.3) is 0 Å². The number of benzene rings is 1. The van der Waals surface area contributed by atoms with E-state index in [0.717, 1.165) is 0 Å². The van der Waals surface area contributed by atoms with Crippen molar-refractivity contribution >= 4 is 11.9 Å². The van der Waals surface area contributed by atoms with Gasteiger partial charge in [-0.05, 0) is 24.3 Å². The van der Waals surface area contributed by atoms with Gasteiger partial charge in [-0.2, -0.15) is 0 Å². The van der Waals surface area contributed by atoms with Crippen molar-refractivity contribution in [3.8, 4) is 0 Å². The summed E-state index contributed by atoms with van der Waals surface area (Å²) in [5, 5.41) is 16.9. The van der Waals surface area contributed by atoms with Crippen molar-refractivity contribution in [2.24, 2.45) is 0 Å². The molecule has 1 rings (SSSR count). The molecular formula is C8H14O8Ti. The van der Waals surface area contributed by atoms with Crippen LogP contribution in [0.25, 0.3) is 0 Å². The molecule has 8 nitrogen and oxygen atoms in total. The van der Waals surface area contributed by atoms with E-state index in [1.54, 1.807) is 0 Å². The third kappa shape index (κ3) is 8.51. The molecule has 10 N–H and O–H groups in total. The van der Waals surface area contributed by atoms with Crippen molar-refractivity contribution in [1.29, 1.82) is 0 Å². The van der Waals surface area contributed by atoms with E-state index < -0.39 is 11.9 Å². The number of hydrogen-bond acceptors (Lipinski definition) is 2. The van der Waals surface area contributed by atoms with E-state index in [2.05, 4.69) is 0 Å². The van der Waals surface area contributed by atoms with Crippen LogP contribution in [0.3, 0.4) is 0 Å². The monoisotopic (exact) mass is 286 g/mol. The molecule has 0 fully saturated rings. The maximum Gasteiger partial charge on any atom is 0.335 e. The van der Waals surface area contributed by atoms with Gasteiger partial charge < -0.3 is 32.1 Å².